The predicted molar refractivity (Wildman–Crippen MR) is 55.5 cm³/mol. The summed E-state index contributed by atoms with van der Waals surface area (Å²) in [6, 6.07) is 10.2. The first-order valence-electron chi connectivity index (χ1n) is 5.16. The van der Waals surface area contributed by atoms with Crippen molar-refractivity contribution in [2.75, 3.05) is 13.2 Å². The molecule has 1 aliphatic rings. The Bertz CT molecular complexity index is 313. The van der Waals surface area contributed by atoms with Crippen molar-refractivity contribution in [1.29, 1.82) is 0 Å². The Morgan fingerprint density at radius 2 is 2.07 bits per heavy atom. The maximum atomic E-state index is 10.5. The summed E-state index contributed by atoms with van der Waals surface area (Å²) in [5.41, 5.74) is 1.27. The second kappa shape index (κ2) is 4.94. The first kappa shape index (κ1) is 10.2. The summed E-state index contributed by atoms with van der Waals surface area (Å²) in [4.78, 5) is 10.5. The quantitative estimate of drug-likeness (QED) is 0.541. The van der Waals surface area contributed by atoms with Crippen LogP contribution in [0.5, 0.6) is 0 Å². The fraction of sp³-hybridized carbons (Fsp3) is 0.417. The summed E-state index contributed by atoms with van der Waals surface area (Å²) in [7, 11) is 0. The molecule has 0 radical (unpaired) electrons. The molecule has 0 amide bonds. The average Bonchev–Trinajstić information content (AvgIpc) is 2.23. The van der Waals surface area contributed by atoms with E-state index in [9.17, 15) is 4.79 Å². The van der Waals surface area contributed by atoms with Gasteiger partial charge in [0.1, 0.15) is 6.10 Å². The third kappa shape index (κ3) is 3.06. The molecule has 1 heterocycles. The molecule has 0 spiro atoms. The van der Waals surface area contributed by atoms with Crippen LogP contribution >= 0.6 is 0 Å². The summed E-state index contributed by atoms with van der Waals surface area (Å²) in [5, 5.41) is 0. The normalized spacial score (nSPS) is 19.5. The van der Waals surface area contributed by atoms with Crippen LogP contribution in [0.1, 0.15) is 12.0 Å². The van der Waals surface area contributed by atoms with Gasteiger partial charge in [-0.2, -0.15) is 0 Å². The molecule has 1 aromatic carbocycles. The van der Waals surface area contributed by atoms with Crippen LogP contribution in [0.3, 0.4) is 0 Å². The van der Waals surface area contributed by atoms with Gasteiger partial charge in [-0.05, 0) is 12.0 Å². The van der Waals surface area contributed by atoms with Crippen molar-refractivity contribution in [1.82, 2.24) is 0 Å². The van der Waals surface area contributed by atoms with Gasteiger partial charge < -0.3 is 9.47 Å². The van der Waals surface area contributed by atoms with Gasteiger partial charge in [0.15, 0.2) is 0 Å². The van der Waals surface area contributed by atoms with Crippen LogP contribution in [0.4, 0.5) is 0 Å². The fourth-order valence-corrected chi connectivity index (χ4v) is 1.50. The average molecular weight is 206 g/mol. The van der Waals surface area contributed by atoms with Gasteiger partial charge in [0.2, 0.25) is 0 Å². The molecule has 1 aromatic rings. The van der Waals surface area contributed by atoms with Crippen LogP contribution in [0.15, 0.2) is 30.3 Å². The molecular formula is C12H14O3. The van der Waals surface area contributed by atoms with Gasteiger partial charge in [-0.25, -0.2) is 0 Å². The minimum absolute atomic E-state index is 0.00623. The number of carbonyl (C=O) groups is 1. The minimum Gasteiger partial charge on any atom is -0.459 e. The van der Waals surface area contributed by atoms with Crippen LogP contribution < -0.4 is 0 Å². The molecule has 1 aliphatic heterocycles. The van der Waals surface area contributed by atoms with E-state index in [1.165, 1.54) is 5.56 Å². The van der Waals surface area contributed by atoms with Crippen LogP contribution in [0.25, 0.3) is 0 Å². The zero-order chi connectivity index (χ0) is 10.5. The van der Waals surface area contributed by atoms with E-state index < -0.39 is 0 Å². The van der Waals surface area contributed by atoms with Crippen LogP contribution in [-0.4, -0.2) is 25.3 Å². The topological polar surface area (TPSA) is 35.5 Å². The lowest BCUT2D eigenvalue weighted by atomic mass is 10.2. The maximum absolute atomic E-state index is 10.5. The van der Waals surface area contributed by atoms with Crippen molar-refractivity contribution in [3.63, 3.8) is 0 Å². The van der Waals surface area contributed by atoms with Gasteiger partial charge in [-0.15, -0.1) is 0 Å². The first-order chi connectivity index (χ1) is 7.34. The Labute approximate surface area is 89.0 Å². The zero-order valence-electron chi connectivity index (χ0n) is 8.52. The van der Waals surface area contributed by atoms with Crippen LogP contribution in [0, 0.1) is 0 Å². The molecule has 3 heteroatoms. The molecule has 0 saturated carbocycles. The smallest absolute Gasteiger partial charge is 0.310 e. The van der Waals surface area contributed by atoms with Crippen molar-refractivity contribution in [3.8, 4) is 0 Å². The summed E-state index contributed by atoms with van der Waals surface area (Å²) < 4.78 is 10.2. The second-order valence-corrected chi connectivity index (χ2v) is 3.63. The first-order valence-corrected chi connectivity index (χ1v) is 5.16. The summed E-state index contributed by atoms with van der Waals surface area (Å²) >= 11 is 0. The molecule has 0 aliphatic carbocycles. The van der Waals surface area contributed by atoms with Gasteiger partial charge in [0.05, 0.1) is 19.6 Å². The number of cyclic esters (lactones) is 1. The molecule has 0 N–H and O–H groups in total. The predicted octanol–water partition coefficient (Wildman–Crippen LogP) is 1.56. The van der Waals surface area contributed by atoms with E-state index in [0.29, 0.717) is 19.6 Å². The third-order valence-corrected chi connectivity index (χ3v) is 2.37. The fourth-order valence-electron chi connectivity index (χ4n) is 1.50. The number of hydrogen-bond donors (Lipinski definition) is 0. The van der Waals surface area contributed by atoms with Crippen molar-refractivity contribution in [2.45, 2.75) is 18.9 Å². The molecule has 0 aromatic heterocycles. The molecule has 0 unspecified atom stereocenters. The molecule has 2 rings (SSSR count). The van der Waals surface area contributed by atoms with Gasteiger partial charge in [-0.3, -0.25) is 4.79 Å². The highest BCUT2D eigenvalue weighted by Gasteiger charge is 2.28. The lowest BCUT2D eigenvalue weighted by Crippen LogP contribution is -2.36. The Hall–Kier alpha value is -1.35. The van der Waals surface area contributed by atoms with E-state index in [0.717, 1.165) is 6.42 Å². The number of rotatable bonds is 5. The van der Waals surface area contributed by atoms with E-state index in [1.807, 2.05) is 18.2 Å². The monoisotopic (exact) mass is 206 g/mol. The highest BCUT2D eigenvalue weighted by Crippen LogP contribution is 2.13. The zero-order valence-corrected chi connectivity index (χ0v) is 8.52. The summed E-state index contributed by atoms with van der Waals surface area (Å²) in [6.07, 6.45) is 1.40. The minimum atomic E-state index is -0.119. The van der Waals surface area contributed by atoms with Crippen molar-refractivity contribution in [2.24, 2.45) is 0 Å². The number of esters is 1. The van der Waals surface area contributed by atoms with Crippen molar-refractivity contribution in [3.05, 3.63) is 35.9 Å². The van der Waals surface area contributed by atoms with Crippen LogP contribution in [-0.2, 0) is 20.7 Å². The summed E-state index contributed by atoms with van der Waals surface area (Å²) in [6.45, 7) is 1.20. The molecule has 1 fully saturated rings. The number of ether oxygens (including phenoxy) is 2. The Kier molecular flexibility index (Phi) is 3.35. The van der Waals surface area contributed by atoms with E-state index in [4.69, 9.17) is 9.47 Å². The number of hydrogen-bond acceptors (Lipinski definition) is 3. The van der Waals surface area contributed by atoms with Crippen molar-refractivity contribution < 1.29 is 14.3 Å². The van der Waals surface area contributed by atoms with E-state index in [1.54, 1.807) is 0 Å². The lowest BCUT2D eigenvalue weighted by molar-refractivity contribution is -0.174. The molecule has 3 nitrogen and oxygen atoms in total. The highest BCUT2D eigenvalue weighted by molar-refractivity contribution is 5.75. The Balaban J connectivity index is 1.57. The van der Waals surface area contributed by atoms with Crippen LogP contribution in [0.2, 0.25) is 0 Å². The molecule has 0 bridgehead atoms. The lowest BCUT2D eigenvalue weighted by Gasteiger charge is -2.24. The molecule has 1 atom stereocenters. The standard InChI is InChI=1S/C12H14O3/c13-12-8-11(15-12)9-14-7-6-10-4-2-1-3-5-10/h1-5,11H,6-9H2/t11-/m1/s1. The Morgan fingerprint density at radius 1 is 1.33 bits per heavy atom. The summed E-state index contributed by atoms with van der Waals surface area (Å²) in [5.74, 6) is -0.119. The van der Waals surface area contributed by atoms with Gasteiger partial charge in [0.25, 0.3) is 0 Å². The highest BCUT2D eigenvalue weighted by atomic mass is 16.6. The molecular weight excluding hydrogens is 192 g/mol. The SMILES string of the molecule is O=C1C[C@H](COCCc2ccccc2)O1. The van der Waals surface area contributed by atoms with E-state index >= 15 is 0 Å². The second-order valence-electron chi connectivity index (χ2n) is 3.63. The third-order valence-electron chi connectivity index (χ3n) is 2.37. The van der Waals surface area contributed by atoms with E-state index in [-0.39, 0.29) is 12.1 Å². The molecule has 1 saturated heterocycles. The van der Waals surface area contributed by atoms with Gasteiger partial charge >= 0.3 is 5.97 Å². The molecule has 15 heavy (non-hydrogen) atoms. The van der Waals surface area contributed by atoms with Gasteiger partial charge in [0, 0.05) is 0 Å². The largest absolute Gasteiger partial charge is 0.459 e. The van der Waals surface area contributed by atoms with Crippen molar-refractivity contribution >= 4 is 5.97 Å². The van der Waals surface area contributed by atoms with E-state index in [2.05, 4.69) is 12.1 Å². The number of carbonyl (C=O) groups excluding carboxylic acids is 1. The maximum Gasteiger partial charge on any atom is 0.310 e. The van der Waals surface area contributed by atoms with Gasteiger partial charge in [-0.1, -0.05) is 30.3 Å². The molecule has 80 valence electrons. The Morgan fingerprint density at radius 3 is 2.73 bits per heavy atom. The number of benzene rings is 1.